The molecule has 1 aliphatic rings. The molecule has 2 N–H and O–H groups in total. The molecule has 1 aromatic carbocycles. The van der Waals surface area contributed by atoms with Crippen LogP contribution in [0.1, 0.15) is 18.5 Å². The average molecular weight is 483 g/mol. The van der Waals surface area contributed by atoms with E-state index in [4.69, 9.17) is 14.6 Å². The number of benzene rings is 1. The molecule has 3 aromatic rings. The molecule has 0 aliphatic carbocycles. The number of imidazole rings is 1. The largest absolute Gasteiger partial charge is 0.492 e. The number of aliphatic carboxylic acids is 1. The van der Waals surface area contributed by atoms with Crippen LogP contribution in [0, 0.1) is 12.7 Å². The lowest BCUT2D eigenvalue weighted by Gasteiger charge is -2.29. The Balaban J connectivity index is 0.000000406. The average Bonchev–Trinajstić information content (AvgIpc) is 3.16. The summed E-state index contributed by atoms with van der Waals surface area (Å²) in [5.74, 6) is -2.32. The molecular weight excluding hydrogens is 458 g/mol. The van der Waals surface area contributed by atoms with Crippen LogP contribution in [0.15, 0.2) is 42.7 Å². The van der Waals surface area contributed by atoms with E-state index in [1.54, 1.807) is 4.40 Å². The van der Waals surface area contributed by atoms with Gasteiger partial charge in [-0.25, -0.2) is 14.2 Å². The normalized spacial score (nSPS) is 15.1. The second-order valence-corrected chi connectivity index (χ2v) is 7.94. The first-order valence-electron chi connectivity index (χ1n) is 10.6. The highest BCUT2D eigenvalue weighted by Crippen LogP contribution is 2.26. The molecule has 0 bridgehead atoms. The summed E-state index contributed by atoms with van der Waals surface area (Å²) in [6.07, 6.45) is 0.124. The van der Waals surface area contributed by atoms with Crippen molar-refractivity contribution in [2.45, 2.75) is 32.0 Å². The number of rotatable bonds is 5. The Hall–Kier alpha value is -3.18. The topological polar surface area (TPSA) is 87.3 Å². The summed E-state index contributed by atoms with van der Waals surface area (Å²) < 4.78 is 53.7. The number of nitrogens with zero attached hydrogens (tertiary/aromatic N) is 3. The quantitative estimate of drug-likeness (QED) is 0.535. The maximum absolute atomic E-state index is 14.3. The number of aromatic nitrogens is 2. The van der Waals surface area contributed by atoms with Crippen LogP contribution in [0.25, 0.3) is 16.8 Å². The number of halogens is 4. The number of aryl methyl sites for hydroxylation is 1. The summed E-state index contributed by atoms with van der Waals surface area (Å²) in [6, 6.07) is 9.23. The Kier molecular flexibility index (Phi) is 8.11. The van der Waals surface area contributed by atoms with Gasteiger partial charge >= 0.3 is 12.1 Å². The van der Waals surface area contributed by atoms with Gasteiger partial charge in [0.15, 0.2) is 11.5 Å². The number of pyridine rings is 1. The SMILES string of the molecule is Cc1cn2cc(-c3cccc(OCCN4CCC(O)CC4)c3)cc(F)c2n1.O=C(O)C(F)(F)F. The molecule has 34 heavy (non-hydrogen) atoms. The van der Waals surface area contributed by atoms with E-state index in [2.05, 4.69) is 9.88 Å². The fourth-order valence-corrected chi connectivity index (χ4v) is 3.54. The number of fused-ring (bicyclic) bond motifs is 1. The highest BCUT2D eigenvalue weighted by Gasteiger charge is 2.38. The van der Waals surface area contributed by atoms with Crippen LogP contribution in [-0.2, 0) is 4.79 Å². The molecule has 0 saturated carbocycles. The van der Waals surface area contributed by atoms with Crippen molar-refractivity contribution in [3.63, 3.8) is 0 Å². The summed E-state index contributed by atoms with van der Waals surface area (Å²) in [4.78, 5) is 15.4. The fraction of sp³-hybridized carbons (Fsp3) is 0.391. The van der Waals surface area contributed by atoms with Crippen LogP contribution in [-0.4, -0.2) is 69.0 Å². The van der Waals surface area contributed by atoms with Crippen molar-refractivity contribution in [2.24, 2.45) is 0 Å². The number of hydrogen-bond donors (Lipinski definition) is 2. The van der Waals surface area contributed by atoms with Crippen LogP contribution < -0.4 is 4.74 Å². The molecule has 1 saturated heterocycles. The minimum atomic E-state index is -5.08. The van der Waals surface area contributed by atoms with Gasteiger partial charge in [0.2, 0.25) is 0 Å². The van der Waals surface area contributed by atoms with Crippen LogP contribution in [0.5, 0.6) is 5.75 Å². The Morgan fingerprint density at radius 3 is 2.50 bits per heavy atom. The molecule has 3 heterocycles. The van der Waals surface area contributed by atoms with Crippen molar-refractivity contribution in [3.05, 3.63) is 54.2 Å². The zero-order valence-corrected chi connectivity index (χ0v) is 18.4. The molecule has 0 atom stereocenters. The molecule has 0 amide bonds. The second-order valence-electron chi connectivity index (χ2n) is 7.94. The zero-order chi connectivity index (χ0) is 24.9. The van der Waals surface area contributed by atoms with Crippen molar-refractivity contribution in [3.8, 4) is 16.9 Å². The molecule has 1 fully saturated rings. The lowest BCUT2D eigenvalue weighted by molar-refractivity contribution is -0.192. The molecule has 2 aromatic heterocycles. The molecule has 0 radical (unpaired) electrons. The minimum absolute atomic E-state index is 0.157. The van der Waals surface area contributed by atoms with E-state index >= 15 is 0 Å². The van der Waals surface area contributed by atoms with E-state index in [1.807, 2.05) is 43.6 Å². The Bertz CT molecular complexity index is 1130. The number of piperidine rings is 1. The zero-order valence-electron chi connectivity index (χ0n) is 18.4. The summed E-state index contributed by atoms with van der Waals surface area (Å²) in [7, 11) is 0. The van der Waals surface area contributed by atoms with Gasteiger partial charge < -0.3 is 19.4 Å². The van der Waals surface area contributed by atoms with Gasteiger partial charge in [-0.05, 0) is 43.5 Å². The predicted octanol–water partition coefficient (Wildman–Crippen LogP) is 3.92. The minimum Gasteiger partial charge on any atom is -0.492 e. The van der Waals surface area contributed by atoms with Gasteiger partial charge in [-0.15, -0.1) is 0 Å². The van der Waals surface area contributed by atoms with Gasteiger partial charge in [-0.1, -0.05) is 12.1 Å². The predicted molar refractivity (Wildman–Crippen MR) is 116 cm³/mol. The molecule has 7 nitrogen and oxygen atoms in total. The first kappa shape index (κ1) is 25.4. The molecule has 0 spiro atoms. The number of carboxylic acid groups (broad SMARTS) is 1. The van der Waals surface area contributed by atoms with E-state index in [0.717, 1.165) is 55.0 Å². The standard InChI is InChI=1S/C21H24FN3O2.C2HF3O2/c1-15-13-25-14-17(12-20(22)21(25)23-15)16-3-2-4-19(11-16)27-10-9-24-7-5-18(26)6-8-24;3-2(4,5)1(6)7/h2-4,11-14,18,26H,5-10H2,1H3;(H,6,7). The van der Waals surface area contributed by atoms with E-state index < -0.39 is 12.1 Å². The third-order valence-electron chi connectivity index (χ3n) is 5.27. The Labute approximate surface area is 193 Å². The monoisotopic (exact) mass is 483 g/mol. The summed E-state index contributed by atoms with van der Waals surface area (Å²) in [5.41, 5.74) is 2.82. The van der Waals surface area contributed by atoms with Crippen molar-refractivity contribution in [1.82, 2.24) is 14.3 Å². The third-order valence-corrected chi connectivity index (χ3v) is 5.27. The summed E-state index contributed by atoms with van der Waals surface area (Å²) in [6.45, 7) is 5.10. The van der Waals surface area contributed by atoms with E-state index in [0.29, 0.717) is 12.3 Å². The maximum Gasteiger partial charge on any atom is 0.490 e. The van der Waals surface area contributed by atoms with E-state index in [1.165, 1.54) is 6.07 Å². The van der Waals surface area contributed by atoms with Gasteiger partial charge in [-0.3, -0.25) is 4.90 Å². The number of carboxylic acids is 1. The van der Waals surface area contributed by atoms with Gasteiger partial charge in [0.25, 0.3) is 0 Å². The summed E-state index contributed by atoms with van der Waals surface area (Å²) in [5, 5.41) is 16.7. The maximum atomic E-state index is 14.3. The Morgan fingerprint density at radius 2 is 1.85 bits per heavy atom. The molecule has 0 unspecified atom stereocenters. The smallest absolute Gasteiger partial charge is 0.490 e. The number of aliphatic hydroxyl groups is 1. The first-order valence-corrected chi connectivity index (χ1v) is 10.6. The molecular formula is C23H25F4N3O4. The van der Waals surface area contributed by atoms with Crippen molar-refractivity contribution in [1.29, 1.82) is 0 Å². The lowest BCUT2D eigenvalue weighted by Crippen LogP contribution is -2.38. The van der Waals surface area contributed by atoms with Crippen molar-refractivity contribution >= 4 is 11.6 Å². The molecule has 11 heteroatoms. The third kappa shape index (κ3) is 6.91. The van der Waals surface area contributed by atoms with Crippen LogP contribution >= 0.6 is 0 Å². The summed E-state index contributed by atoms with van der Waals surface area (Å²) >= 11 is 0. The molecule has 184 valence electrons. The highest BCUT2D eigenvalue weighted by molar-refractivity contribution is 5.73. The molecule has 1 aliphatic heterocycles. The number of hydrogen-bond acceptors (Lipinski definition) is 5. The van der Waals surface area contributed by atoms with Gasteiger partial charge in [-0.2, -0.15) is 13.2 Å². The van der Waals surface area contributed by atoms with E-state index in [9.17, 15) is 22.7 Å². The highest BCUT2D eigenvalue weighted by atomic mass is 19.4. The van der Waals surface area contributed by atoms with Crippen molar-refractivity contribution < 1.29 is 37.3 Å². The number of ether oxygens (including phenoxy) is 1. The fourth-order valence-electron chi connectivity index (χ4n) is 3.54. The number of aliphatic hydroxyl groups excluding tert-OH is 1. The number of alkyl halides is 3. The van der Waals surface area contributed by atoms with E-state index in [-0.39, 0.29) is 11.9 Å². The van der Waals surface area contributed by atoms with Crippen LogP contribution in [0.2, 0.25) is 0 Å². The number of likely N-dealkylation sites (tertiary alicyclic amines) is 1. The Morgan fingerprint density at radius 1 is 1.18 bits per heavy atom. The van der Waals surface area contributed by atoms with Crippen LogP contribution in [0.3, 0.4) is 0 Å². The van der Waals surface area contributed by atoms with Crippen molar-refractivity contribution in [2.75, 3.05) is 26.2 Å². The first-order chi connectivity index (χ1) is 16.0. The second kappa shape index (κ2) is 10.8. The van der Waals surface area contributed by atoms with Gasteiger partial charge in [0.05, 0.1) is 11.8 Å². The van der Waals surface area contributed by atoms with Gasteiger partial charge in [0.1, 0.15) is 12.4 Å². The van der Waals surface area contributed by atoms with Crippen LogP contribution in [0.4, 0.5) is 17.6 Å². The number of carbonyl (C=O) groups is 1. The molecule has 4 rings (SSSR count). The van der Waals surface area contributed by atoms with Gasteiger partial charge in [0, 0.05) is 37.6 Å². The lowest BCUT2D eigenvalue weighted by atomic mass is 10.1.